The summed E-state index contributed by atoms with van der Waals surface area (Å²) in [5.74, 6) is 0.856. The number of benzene rings is 2. The second-order valence-corrected chi connectivity index (χ2v) is 6.51. The molecule has 0 atom stereocenters. The molecule has 0 bridgehead atoms. The van der Waals surface area contributed by atoms with Crippen LogP contribution in [0.2, 0.25) is 0 Å². The zero-order valence-electron chi connectivity index (χ0n) is 14.1. The molecule has 3 rings (SSSR count). The number of allylic oxidation sites excluding steroid dienone is 2. The maximum absolute atomic E-state index is 2.66. The Morgan fingerprint density at radius 2 is 1.43 bits per heavy atom. The van der Waals surface area contributed by atoms with Crippen LogP contribution in [-0.2, 0) is 0 Å². The van der Waals surface area contributed by atoms with Crippen LogP contribution >= 0.6 is 0 Å². The molecule has 0 amide bonds. The summed E-state index contributed by atoms with van der Waals surface area (Å²) in [7, 11) is 0. The minimum atomic E-state index is 0.389. The lowest BCUT2D eigenvalue weighted by molar-refractivity contribution is 0.152. The molecule has 0 unspecified atom stereocenters. The van der Waals surface area contributed by atoms with Crippen molar-refractivity contribution in [1.29, 1.82) is 0 Å². The van der Waals surface area contributed by atoms with E-state index in [2.05, 4.69) is 84.6 Å². The average molecular weight is 305 g/mol. The second-order valence-electron chi connectivity index (χ2n) is 6.51. The Kier molecular flexibility index (Phi) is 5.65. The molecule has 1 aliphatic heterocycles. The molecule has 120 valence electrons. The first kappa shape index (κ1) is 16.0. The summed E-state index contributed by atoms with van der Waals surface area (Å²) in [6, 6.07) is 22.3. The van der Waals surface area contributed by atoms with Gasteiger partial charge in [0.2, 0.25) is 0 Å². The van der Waals surface area contributed by atoms with Crippen molar-refractivity contribution in [2.75, 3.05) is 13.1 Å². The van der Waals surface area contributed by atoms with E-state index in [0.29, 0.717) is 6.04 Å². The van der Waals surface area contributed by atoms with E-state index < -0.39 is 0 Å². The Morgan fingerprint density at radius 1 is 0.913 bits per heavy atom. The first-order valence-electron chi connectivity index (χ1n) is 8.83. The van der Waals surface area contributed by atoms with Crippen molar-refractivity contribution < 1.29 is 0 Å². The van der Waals surface area contributed by atoms with Crippen molar-refractivity contribution in [3.8, 4) is 0 Å². The van der Waals surface area contributed by atoms with Crippen LogP contribution in [0, 0.1) is 5.92 Å². The fourth-order valence-corrected chi connectivity index (χ4v) is 3.66. The van der Waals surface area contributed by atoms with E-state index in [4.69, 9.17) is 0 Å². The van der Waals surface area contributed by atoms with E-state index in [9.17, 15) is 0 Å². The van der Waals surface area contributed by atoms with Crippen molar-refractivity contribution in [3.05, 3.63) is 83.9 Å². The van der Waals surface area contributed by atoms with Gasteiger partial charge in [-0.05, 0) is 56.3 Å². The van der Waals surface area contributed by atoms with Gasteiger partial charge in [0.15, 0.2) is 0 Å². The Bertz CT molecular complexity index is 555. The zero-order valence-corrected chi connectivity index (χ0v) is 14.1. The molecule has 0 radical (unpaired) electrons. The molecule has 1 fully saturated rings. The minimum absolute atomic E-state index is 0.389. The van der Waals surface area contributed by atoms with Crippen LogP contribution in [0.4, 0.5) is 0 Å². The van der Waals surface area contributed by atoms with Crippen molar-refractivity contribution in [2.24, 2.45) is 5.92 Å². The molecule has 0 spiro atoms. The first-order valence-corrected chi connectivity index (χ1v) is 8.83. The van der Waals surface area contributed by atoms with Gasteiger partial charge in [-0.3, -0.25) is 4.90 Å². The topological polar surface area (TPSA) is 3.24 Å². The lowest BCUT2D eigenvalue weighted by Gasteiger charge is -2.38. The van der Waals surface area contributed by atoms with Crippen LogP contribution in [0.1, 0.15) is 43.4 Å². The van der Waals surface area contributed by atoms with Gasteiger partial charge in [0.05, 0.1) is 6.04 Å². The third kappa shape index (κ3) is 4.11. The Balaban J connectivity index is 1.78. The molecule has 1 heterocycles. The van der Waals surface area contributed by atoms with E-state index in [-0.39, 0.29) is 0 Å². The van der Waals surface area contributed by atoms with Gasteiger partial charge in [0.1, 0.15) is 0 Å². The number of hydrogen-bond acceptors (Lipinski definition) is 1. The van der Waals surface area contributed by atoms with Gasteiger partial charge in [0.25, 0.3) is 0 Å². The number of rotatable bonds is 5. The third-order valence-corrected chi connectivity index (χ3v) is 4.95. The molecule has 0 saturated carbocycles. The van der Waals surface area contributed by atoms with Gasteiger partial charge < -0.3 is 0 Å². The summed E-state index contributed by atoms with van der Waals surface area (Å²) in [6.07, 6.45) is 8.36. The number of likely N-dealkylation sites (tertiary alicyclic amines) is 1. The third-order valence-electron chi connectivity index (χ3n) is 4.95. The monoisotopic (exact) mass is 305 g/mol. The summed E-state index contributed by atoms with van der Waals surface area (Å²) in [4.78, 5) is 2.66. The Morgan fingerprint density at radius 3 is 1.91 bits per heavy atom. The number of piperidine rings is 1. The van der Waals surface area contributed by atoms with Crippen LogP contribution < -0.4 is 0 Å². The van der Waals surface area contributed by atoms with Gasteiger partial charge in [-0.15, -0.1) is 0 Å². The van der Waals surface area contributed by atoms with E-state index >= 15 is 0 Å². The fraction of sp³-hybridized carbons (Fsp3) is 0.364. The normalized spacial score (nSPS) is 17.1. The summed E-state index contributed by atoms with van der Waals surface area (Å²) < 4.78 is 0. The number of nitrogens with zero attached hydrogens (tertiary/aromatic N) is 1. The number of hydrogen-bond donors (Lipinski definition) is 0. The molecular weight excluding hydrogens is 278 g/mol. The molecule has 23 heavy (non-hydrogen) atoms. The maximum atomic E-state index is 2.66. The zero-order chi connectivity index (χ0) is 15.9. The lowest BCUT2D eigenvalue weighted by atomic mass is 9.89. The van der Waals surface area contributed by atoms with Crippen LogP contribution in [0.3, 0.4) is 0 Å². The van der Waals surface area contributed by atoms with Crippen LogP contribution in [-0.4, -0.2) is 18.0 Å². The van der Waals surface area contributed by atoms with Gasteiger partial charge in [-0.25, -0.2) is 0 Å². The van der Waals surface area contributed by atoms with Crippen LogP contribution in [0.25, 0.3) is 0 Å². The molecule has 1 nitrogen and oxygen atoms in total. The summed E-state index contributed by atoms with van der Waals surface area (Å²) >= 11 is 0. The van der Waals surface area contributed by atoms with Crippen LogP contribution in [0.15, 0.2) is 72.8 Å². The van der Waals surface area contributed by atoms with Crippen molar-refractivity contribution in [2.45, 2.75) is 32.2 Å². The molecule has 0 N–H and O–H groups in total. The molecule has 2 aromatic rings. The lowest BCUT2D eigenvalue weighted by Crippen LogP contribution is -2.37. The highest BCUT2D eigenvalue weighted by Crippen LogP contribution is 2.33. The van der Waals surface area contributed by atoms with Crippen molar-refractivity contribution >= 4 is 0 Å². The van der Waals surface area contributed by atoms with Gasteiger partial charge >= 0.3 is 0 Å². The van der Waals surface area contributed by atoms with E-state index in [1.165, 1.54) is 43.5 Å². The first-order chi connectivity index (χ1) is 11.4. The molecule has 0 aliphatic carbocycles. The predicted molar refractivity (Wildman–Crippen MR) is 98.5 cm³/mol. The molecule has 2 aromatic carbocycles. The average Bonchev–Trinajstić information content (AvgIpc) is 2.63. The highest BCUT2D eigenvalue weighted by molar-refractivity contribution is 5.31. The molecule has 1 saturated heterocycles. The van der Waals surface area contributed by atoms with Crippen molar-refractivity contribution in [3.63, 3.8) is 0 Å². The molecule has 1 aliphatic rings. The Labute approximate surface area is 140 Å². The summed E-state index contributed by atoms with van der Waals surface area (Å²) in [5.41, 5.74) is 2.82. The quantitative estimate of drug-likeness (QED) is 0.664. The van der Waals surface area contributed by atoms with Gasteiger partial charge in [-0.1, -0.05) is 72.8 Å². The molecule has 1 heteroatoms. The van der Waals surface area contributed by atoms with E-state index in [1.807, 2.05) is 0 Å². The SMILES string of the molecule is C/C=C\CC1CCN(C(c2ccccc2)c2ccccc2)CC1. The van der Waals surface area contributed by atoms with Gasteiger partial charge in [-0.2, -0.15) is 0 Å². The summed E-state index contributed by atoms with van der Waals surface area (Å²) in [5, 5.41) is 0. The smallest absolute Gasteiger partial charge is 0.0601 e. The van der Waals surface area contributed by atoms with Gasteiger partial charge in [0, 0.05) is 0 Å². The standard InChI is InChI=1S/C22H27N/c1-2-3-10-19-15-17-23(18-16-19)22(20-11-6-4-7-12-20)21-13-8-5-9-14-21/h2-9,11-14,19,22H,10,15-18H2,1H3/b3-2-. The predicted octanol–water partition coefficient (Wildman–Crippen LogP) is 5.45. The summed E-state index contributed by atoms with van der Waals surface area (Å²) in [6.45, 7) is 4.50. The van der Waals surface area contributed by atoms with E-state index in [0.717, 1.165) is 5.92 Å². The fourth-order valence-electron chi connectivity index (χ4n) is 3.66. The highest BCUT2D eigenvalue weighted by Gasteiger charge is 2.26. The minimum Gasteiger partial charge on any atom is -0.292 e. The highest BCUT2D eigenvalue weighted by atomic mass is 15.2. The molecule has 0 aromatic heterocycles. The molecular formula is C22H27N. The second kappa shape index (κ2) is 8.12. The Hall–Kier alpha value is -1.86. The maximum Gasteiger partial charge on any atom is 0.0601 e. The largest absolute Gasteiger partial charge is 0.292 e. The van der Waals surface area contributed by atoms with E-state index in [1.54, 1.807) is 0 Å². The van der Waals surface area contributed by atoms with Crippen LogP contribution in [0.5, 0.6) is 0 Å². The van der Waals surface area contributed by atoms with Crippen molar-refractivity contribution in [1.82, 2.24) is 4.90 Å².